The second-order valence-corrected chi connectivity index (χ2v) is 6.28. The van der Waals surface area contributed by atoms with Gasteiger partial charge in [0.05, 0.1) is 24.0 Å². The number of piperidine rings is 1. The second kappa shape index (κ2) is 7.51. The summed E-state index contributed by atoms with van der Waals surface area (Å²) in [6.45, 7) is 2.70. The topological polar surface area (TPSA) is 92.8 Å². The summed E-state index contributed by atoms with van der Waals surface area (Å²) in [5.74, 6) is -2.02. The standard InChI is InChI=1S/C19H20N2O5/c1-2-3-9-26-10-8-12-4-5-13-14(11-12)19(25)21(18(13)24)15-6-7-16(22)20-17(15)23/h4-5,8,10-11,15H,2-3,6-7,9H2,1H3,(H,20,22,23)/b10-8-. The van der Waals surface area contributed by atoms with Crippen molar-refractivity contribution < 1.29 is 23.9 Å². The molecular formula is C19H20N2O5. The fourth-order valence-electron chi connectivity index (χ4n) is 3.01. The quantitative estimate of drug-likeness (QED) is 0.477. The highest BCUT2D eigenvalue weighted by Crippen LogP contribution is 2.28. The Hall–Kier alpha value is -2.96. The van der Waals surface area contributed by atoms with E-state index < -0.39 is 29.7 Å². The molecule has 1 aromatic rings. The normalized spacial score (nSPS) is 19.9. The number of fused-ring (bicyclic) bond motifs is 1. The van der Waals surface area contributed by atoms with Crippen molar-refractivity contribution in [1.29, 1.82) is 0 Å². The number of ether oxygens (including phenoxy) is 1. The predicted octanol–water partition coefficient (Wildman–Crippen LogP) is 1.88. The van der Waals surface area contributed by atoms with Crippen molar-refractivity contribution in [1.82, 2.24) is 10.2 Å². The lowest BCUT2D eigenvalue weighted by molar-refractivity contribution is -0.136. The largest absolute Gasteiger partial charge is 0.501 e. The van der Waals surface area contributed by atoms with Crippen molar-refractivity contribution in [2.24, 2.45) is 0 Å². The molecule has 1 unspecified atom stereocenters. The van der Waals surface area contributed by atoms with Crippen LogP contribution in [0.3, 0.4) is 0 Å². The summed E-state index contributed by atoms with van der Waals surface area (Å²) in [6.07, 6.45) is 5.54. The number of nitrogens with one attached hydrogen (secondary N) is 1. The van der Waals surface area contributed by atoms with E-state index in [1.165, 1.54) is 0 Å². The molecule has 3 rings (SSSR count). The number of hydrogen-bond acceptors (Lipinski definition) is 5. The van der Waals surface area contributed by atoms with Crippen LogP contribution in [0.25, 0.3) is 6.08 Å². The Morgan fingerprint density at radius 3 is 2.69 bits per heavy atom. The van der Waals surface area contributed by atoms with Gasteiger partial charge >= 0.3 is 0 Å². The number of hydrogen-bond donors (Lipinski definition) is 1. The lowest BCUT2D eigenvalue weighted by atomic mass is 10.0. The van der Waals surface area contributed by atoms with Crippen LogP contribution in [0.1, 0.15) is 58.9 Å². The molecule has 1 atom stereocenters. The maximum Gasteiger partial charge on any atom is 0.262 e. The molecule has 7 heteroatoms. The van der Waals surface area contributed by atoms with E-state index in [-0.39, 0.29) is 24.0 Å². The van der Waals surface area contributed by atoms with Crippen LogP contribution in [0.15, 0.2) is 24.5 Å². The van der Waals surface area contributed by atoms with Gasteiger partial charge in [-0.25, -0.2) is 0 Å². The van der Waals surface area contributed by atoms with Gasteiger partial charge in [0.2, 0.25) is 11.8 Å². The lowest BCUT2D eigenvalue weighted by Gasteiger charge is -2.27. The number of nitrogens with zero attached hydrogens (tertiary/aromatic N) is 1. The molecular weight excluding hydrogens is 336 g/mol. The maximum atomic E-state index is 12.7. The third kappa shape index (κ3) is 3.37. The molecule has 0 radical (unpaired) electrons. The van der Waals surface area contributed by atoms with Gasteiger partial charge in [-0.05, 0) is 36.6 Å². The first-order valence-corrected chi connectivity index (χ1v) is 8.66. The van der Waals surface area contributed by atoms with Crippen LogP contribution in [0.4, 0.5) is 0 Å². The fourth-order valence-corrected chi connectivity index (χ4v) is 3.01. The van der Waals surface area contributed by atoms with Gasteiger partial charge in [0, 0.05) is 6.42 Å². The van der Waals surface area contributed by atoms with Crippen LogP contribution in [-0.2, 0) is 14.3 Å². The van der Waals surface area contributed by atoms with Crippen molar-refractivity contribution in [2.45, 2.75) is 38.6 Å². The molecule has 1 fully saturated rings. The molecule has 2 heterocycles. The van der Waals surface area contributed by atoms with Gasteiger partial charge < -0.3 is 4.74 Å². The van der Waals surface area contributed by atoms with E-state index in [9.17, 15) is 19.2 Å². The first-order chi connectivity index (χ1) is 12.5. The Kier molecular flexibility index (Phi) is 5.16. The van der Waals surface area contributed by atoms with Crippen molar-refractivity contribution >= 4 is 29.7 Å². The van der Waals surface area contributed by atoms with Crippen molar-refractivity contribution in [2.75, 3.05) is 6.61 Å². The molecule has 0 aliphatic carbocycles. The molecule has 0 aromatic heterocycles. The minimum absolute atomic E-state index is 0.104. The Labute approximate surface area is 151 Å². The number of carbonyl (C=O) groups is 4. The first-order valence-electron chi connectivity index (χ1n) is 8.66. The van der Waals surface area contributed by atoms with Gasteiger partial charge in [0.15, 0.2) is 0 Å². The fraction of sp³-hybridized carbons (Fsp3) is 0.368. The highest BCUT2D eigenvalue weighted by Gasteiger charge is 2.44. The van der Waals surface area contributed by atoms with Crippen LogP contribution in [0, 0.1) is 0 Å². The smallest absolute Gasteiger partial charge is 0.262 e. The molecule has 4 amide bonds. The number of unbranched alkanes of at least 4 members (excludes halogenated alkanes) is 1. The highest BCUT2D eigenvalue weighted by atomic mass is 16.5. The van der Waals surface area contributed by atoms with Crippen LogP contribution < -0.4 is 5.32 Å². The van der Waals surface area contributed by atoms with E-state index >= 15 is 0 Å². The monoisotopic (exact) mass is 356 g/mol. The van der Waals surface area contributed by atoms with Gasteiger partial charge in [-0.1, -0.05) is 19.4 Å². The second-order valence-electron chi connectivity index (χ2n) is 6.28. The molecule has 1 saturated heterocycles. The molecule has 7 nitrogen and oxygen atoms in total. The number of amides is 4. The number of benzene rings is 1. The van der Waals surface area contributed by atoms with Crippen LogP contribution in [0.5, 0.6) is 0 Å². The average molecular weight is 356 g/mol. The summed E-state index contributed by atoms with van der Waals surface area (Å²) in [5.41, 5.74) is 1.26. The van der Waals surface area contributed by atoms with Crippen LogP contribution >= 0.6 is 0 Å². The Balaban J connectivity index is 1.77. The van der Waals surface area contributed by atoms with Gasteiger partial charge in [0.1, 0.15) is 6.04 Å². The van der Waals surface area contributed by atoms with Crippen LogP contribution in [0.2, 0.25) is 0 Å². The summed E-state index contributed by atoms with van der Waals surface area (Å²) in [5, 5.41) is 2.18. The number of carbonyl (C=O) groups excluding carboxylic acids is 4. The van der Waals surface area contributed by atoms with Gasteiger partial charge in [-0.2, -0.15) is 0 Å². The summed E-state index contributed by atoms with van der Waals surface area (Å²) < 4.78 is 5.36. The molecule has 0 bridgehead atoms. The Morgan fingerprint density at radius 1 is 1.19 bits per heavy atom. The minimum Gasteiger partial charge on any atom is -0.501 e. The predicted molar refractivity (Wildman–Crippen MR) is 93.0 cm³/mol. The summed E-state index contributed by atoms with van der Waals surface area (Å²) >= 11 is 0. The Morgan fingerprint density at radius 2 is 1.96 bits per heavy atom. The van der Waals surface area contributed by atoms with E-state index in [0.29, 0.717) is 6.61 Å². The third-order valence-corrected chi connectivity index (χ3v) is 4.44. The SMILES string of the molecule is CCCCO/C=C\c1ccc2c(c1)C(=O)N(C1CCC(=O)NC1=O)C2=O. The third-order valence-electron chi connectivity index (χ3n) is 4.44. The zero-order valence-electron chi connectivity index (χ0n) is 14.5. The van der Waals surface area contributed by atoms with Gasteiger partial charge in [-0.3, -0.25) is 29.4 Å². The number of imide groups is 2. The molecule has 136 valence electrons. The van der Waals surface area contributed by atoms with E-state index in [0.717, 1.165) is 23.3 Å². The molecule has 1 aromatic carbocycles. The summed E-state index contributed by atoms with van der Waals surface area (Å²) in [7, 11) is 0. The highest BCUT2D eigenvalue weighted by molar-refractivity contribution is 6.23. The van der Waals surface area contributed by atoms with E-state index in [4.69, 9.17) is 4.74 Å². The van der Waals surface area contributed by atoms with Crippen molar-refractivity contribution in [3.05, 3.63) is 41.2 Å². The zero-order chi connectivity index (χ0) is 18.7. The van der Waals surface area contributed by atoms with Crippen molar-refractivity contribution in [3.8, 4) is 0 Å². The van der Waals surface area contributed by atoms with Crippen molar-refractivity contribution in [3.63, 3.8) is 0 Å². The summed E-state index contributed by atoms with van der Waals surface area (Å²) in [4.78, 5) is 49.5. The molecule has 2 aliphatic heterocycles. The lowest BCUT2D eigenvalue weighted by Crippen LogP contribution is -2.54. The van der Waals surface area contributed by atoms with Gasteiger partial charge in [-0.15, -0.1) is 0 Å². The maximum absolute atomic E-state index is 12.7. The van der Waals surface area contributed by atoms with E-state index in [1.54, 1.807) is 30.5 Å². The average Bonchev–Trinajstić information content (AvgIpc) is 2.86. The first kappa shape index (κ1) is 17.8. The van der Waals surface area contributed by atoms with E-state index in [2.05, 4.69) is 12.2 Å². The minimum atomic E-state index is -0.948. The molecule has 1 N–H and O–H groups in total. The van der Waals surface area contributed by atoms with Gasteiger partial charge in [0.25, 0.3) is 11.8 Å². The van der Waals surface area contributed by atoms with Crippen LogP contribution in [-0.4, -0.2) is 41.2 Å². The molecule has 0 saturated carbocycles. The Bertz CT molecular complexity index is 799. The molecule has 26 heavy (non-hydrogen) atoms. The number of rotatable bonds is 6. The summed E-state index contributed by atoms with van der Waals surface area (Å²) in [6, 6.07) is 3.96. The zero-order valence-corrected chi connectivity index (χ0v) is 14.5. The van der Waals surface area contributed by atoms with E-state index in [1.807, 2.05) is 0 Å². The molecule has 0 spiro atoms. The molecule has 2 aliphatic rings.